The molecule has 2 fully saturated rings. The first-order valence-corrected chi connectivity index (χ1v) is 6.81. The topological polar surface area (TPSA) is 58.4 Å². The van der Waals surface area contributed by atoms with E-state index >= 15 is 0 Å². The SMILES string of the molecule is NC1CNCCC1N1CCS(=O)CC1. The van der Waals surface area contributed by atoms with Gasteiger partial charge in [0.15, 0.2) is 0 Å². The van der Waals surface area contributed by atoms with Crippen LogP contribution in [-0.2, 0) is 10.8 Å². The first-order chi connectivity index (χ1) is 6.77. The van der Waals surface area contributed by atoms with E-state index in [0.717, 1.165) is 44.1 Å². The Kier molecular flexibility index (Phi) is 3.54. The van der Waals surface area contributed by atoms with E-state index in [4.69, 9.17) is 5.73 Å². The first-order valence-electron chi connectivity index (χ1n) is 5.32. The minimum atomic E-state index is -0.575. The summed E-state index contributed by atoms with van der Waals surface area (Å²) < 4.78 is 11.2. The van der Waals surface area contributed by atoms with E-state index in [0.29, 0.717) is 6.04 Å². The van der Waals surface area contributed by atoms with Crippen molar-refractivity contribution in [1.29, 1.82) is 0 Å². The van der Waals surface area contributed by atoms with Gasteiger partial charge < -0.3 is 11.1 Å². The van der Waals surface area contributed by atoms with Crippen molar-refractivity contribution in [2.24, 2.45) is 5.73 Å². The van der Waals surface area contributed by atoms with E-state index in [1.807, 2.05) is 0 Å². The van der Waals surface area contributed by atoms with Crippen molar-refractivity contribution in [2.45, 2.75) is 18.5 Å². The summed E-state index contributed by atoms with van der Waals surface area (Å²) >= 11 is 0. The smallest absolute Gasteiger partial charge is 0.0363 e. The highest BCUT2D eigenvalue weighted by molar-refractivity contribution is 7.85. The van der Waals surface area contributed by atoms with Gasteiger partial charge in [-0.2, -0.15) is 0 Å². The maximum absolute atomic E-state index is 11.2. The van der Waals surface area contributed by atoms with Gasteiger partial charge in [-0.1, -0.05) is 0 Å². The molecule has 2 saturated heterocycles. The average molecular weight is 217 g/mol. The van der Waals surface area contributed by atoms with Crippen LogP contribution in [0, 0.1) is 0 Å². The minimum absolute atomic E-state index is 0.246. The van der Waals surface area contributed by atoms with E-state index in [-0.39, 0.29) is 6.04 Å². The predicted octanol–water partition coefficient (Wildman–Crippen LogP) is -1.26. The fourth-order valence-corrected chi connectivity index (χ4v) is 3.39. The van der Waals surface area contributed by atoms with Crippen molar-refractivity contribution in [1.82, 2.24) is 10.2 Å². The fraction of sp³-hybridized carbons (Fsp3) is 1.00. The highest BCUT2D eigenvalue weighted by atomic mass is 32.2. The van der Waals surface area contributed by atoms with Crippen molar-refractivity contribution in [3.8, 4) is 0 Å². The zero-order valence-corrected chi connectivity index (χ0v) is 9.26. The minimum Gasteiger partial charge on any atom is -0.325 e. The molecule has 0 amide bonds. The molecule has 3 N–H and O–H groups in total. The maximum atomic E-state index is 11.2. The third kappa shape index (κ3) is 2.34. The predicted molar refractivity (Wildman–Crippen MR) is 58.7 cm³/mol. The molecule has 2 unspecified atom stereocenters. The van der Waals surface area contributed by atoms with Crippen LogP contribution in [0.15, 0.2) is 0 Å². The van der Waals surface area contributed by atoms with Crippen molar-refractivity contribution in [2.75, 3.05) is 37.7 Å². The van der Waals surface area contributed by atoms with Gasteiger partial charge in [-0.25, -0.2) is 0 Å². The number of hydrogen-bond acceptors (Lipinski definition) is 4. The lowest BCUT2D eigenvalue weighted by Gasteiger charge is -2.40. The summed E-state index contributed by atoms with van der Waals surface area (Å²) in [6.45, 7) is 3.91. The molecule has 2 aliphatic heterocycles. The van der Waals surface area contributed by atoms with Gasteiger partial charge in [0.2, 0.25) is 0 Å². The Labute approximate surface area is 87.7 Å². The number of piperidine rings is 1. The Morgan fingerprint density at radius 2 is 2.07 bits per heavy atom. The van der Waals surface area contributed by atoms with E-state index in [2.05, 4.69) is 10.2 Å². The molecule has 0 aromatic rings. The lowest BCUT2D eigenvalue weighted by atomic mass is 10.00. The molecule has 14 heavy (non-hydrogen) atoms. The van der Waals surface area contributed by atoms with Gasteiger partial charge in [-0.05, 0) is 13.0 Å². The second-order valence-electron chi connectivity index (χ2n) is 4.11. The van der Waals surface area contributed by atoms with Crippen LogP contribution in [0.25, 0.3) is 0 Å². The van der Waals surface area contributed by atoms with Crippen LogP contribution in [0.5, 0.6) is 0 Å². The monoisotopic (exact) mass is 217 g/mol. The first kappa shape index (κ1) is 10.5. The molecule has 0 aliphatic carbocycles. The van der Waals surface area contributed by atoms with Gasteiger partial charge in [0.25, 0.3) is 0 Å². The van der Waals surface area contributed by atoms with E-state index in [9.17, 15) is 4.21 Å². The Balaban J connectivity index is 1.90. The molecule has 5 heteroatoms. The molecule has 2 aliphatic rings. The maximum Gasteiger partial charge on any atom is 0.0363 e. The number of nitrogens with zero attached hydrogens (tertiary/aromatic N) is 1. The summed E-state index contributed by atoms with van der Waals surface area (Å²) in [4.78, 5) is 2.42. The third-order valence-electron chi connectivity index (χ3n) is 3.17. The second-order valence-corrected chi connectivity index (χ2v) is 5.80. The van der Waals surface area contributed by atoms with Gasteiger partial charge in [0.1, 0.15) is 0 Å². The molecular weight excluding hydrogens is 198 g/mol. The largest absolute Gasteiger partial charge is 0.325 e. The quantitative estimate of drug-likeness (QED) is 0.576. The lowest BCUT2D eigenvalue weighted by Crippen LogP contribution is -2.59. The van der Waals surface area contributed by atoms with Gasteiger partial charge in [-0.3, -0.25) is 9.11 Å². The third-order valence-corrected chi connectivity index (χ3v) is 4.45. The van der Waals surface area contributed by atoms with Crippen molar-refractivity contribution in [3.63, 3.8) is 0 Å². The van der Waals surface area contributed by atoms with Crippen LogP contribution in [0.1, 0.15) is 6.42 Å². The molecule has 2 atom stereocenters. The lowest BCUT2D eigenvalue weighted by molar-refractivity contribution is 0.157. The molecule has 0 radical (unpaired) electrons. The molecular formula is C9H19N3OS. The molecule has 2 rings (SSSR count). The van der Waals surface area contributed by atoms with E-state index in [1.165, 1.54) is 0 Å². The van der Waals surface area contributed by atoms with Crippen LogP contribution < -0.4 is 11.1 Å². The number of rotatable bonds is 1. The van der Waals surface area contributed by atoms with Crippen molar-refractivity contribution in [3.05, 3.63) is 0 Å². The summed E-state index contributed by atoms with van der Waals surface area (Å²) in [5.74, 6) is 1.66. The Morgan fingerprint density at radius 1 is 1.36 bits per heavy atom. The zero-order chi connectivity index (χ0) is 9.97. The fourth-order valence-electron chi connectivity index (χ4n) is 2.31. The van der Waals surface area contributed by atoms with Crippen molar-refractivity contribution >= 4 is 10.8 Å². The molecule has 2 heterocycles. The van der Waals surface area contributed by atoms with Crippen LogP contribution in [0.4, 0.5) is 0 Å². The van der Waals surface area contributed by atoms with Crippen LogP contribution in [-0.4, -0.2) is 58.9 Å². The van der Waals surface area contributed by atoms with Gasteiger partial charge in [0.05, 0.1) is 0 Å². The van der Waals surface area contributed by atoms with Gasteiger partial charge in [-0.15, -0.1) is 0 Å². The molecule has 0 saturated carbocycles. The average Bonchev–Trinajstić information content (AvgIpc) is 2.20. The van der Waals surface area contributed by atoms with Crippen LogP contribution >= 0.6 is 0 Å². The molecule has 4 nitrogen and oxygen atoms in total. The van der Waals surface area contributed by atoms with Crippen LogP contribution in [0.2, 0.25) is 0 Å². The normalized spacial score (nSPS) is 37.2. The van der Waals surface area contributed by atoms with Gasteiger partial charge >= 0.3 is 0 Å². The summed E-state index contributed by atoms with van der Waals surface area (Å²) in [5.41, 5.74) is 6.06. The second kappa shape index (κ2) is 4.70. The summed E-state index contributed by atoms with van der Waals surface area (Å²) in [6, 6.07) is 0.754. The standard InChI is InChI=1S/C9H19N3OS/c10-8-7-11-2-1-9(8)12-3-5-14(13)6-4-12/h8-9,11H,1-7,10H2. The summed E-state index contributed by atoms with van der Waals surface area (Å²) in [5, 5.41) is 3.30. The Morgan fingerprint density at radius 3 is 2.71 bits per heavy atom. The van der Waals surface area contributed by atoms with E-state index < -0.39 is 10.8 Å². The number of hydrogen-bond donors (Lipinski definition) is 2. The summed E-state index contributed by atoms with van der Waals surface area (Å²) in [7, 11) is -0.575. The van der Waals surface area contributed by atoms with Crippen LogP contribution in [0.3, 0.4) is 0 Å². The highest BCUT2D eigenvalue weighted by Gasteiger charge is 2.29. The molecule has 0 aromatic carbocycles. The molecule has 0 aromatic heterocycles. The summed E-state index contributed by atoms with van der Waals surface area (Å²) in [6.07, 6.45) is 1.13. The highest BCUT2D eigenvalue weighted by Crippen LogP contribution is 2.13. The Hall–Kier alpha value is 0.0300. The van der Waals surface area contributed by atoms with Gasteiger partial charge in [0, 0.05) is 54.0 Å². The molecule has 0 spiro atoms. The molecule has 0 bridgehead atoms. The number of nitrogens with two attached hydrogens (primary N) is 1. The zero-order valence-electron chi connectivity index (χ0n) is 8.45. The number of nitrogens with one attached hydrogen (secondary N) is 1. The molecule has 82 valence electrons. The van der Waals surface area contributed by atoms with E-state index in [1.54, 1.807) is 0 Å². The Bertz CT molecular complexity index is 214. The van der Waals surface area contributed by atoms with Crippen molar-refractivity contribution < 1.29 is 4.21 Å².